The monoisotopic (exact) mass is 1380 g/mol. The lowest BCUT2D eigenvalue weighted by atomic mass is 10.1. The SMILES string of the molecule is BrCCCCBr.CCCCCCCCCCCCCC[N+](C)(C)CCCC[N+](C)(C)CCCC[N+](C)(C)CCCC[N+](C)(C)CCCCCCCCCCCC.CN(C)CCCCN(C)C.[Br-].[Br-].[Br-].[Br-]. The average Bonchev–Trinajstić information content (AvgIpc) is 3.25. The van der Waals surface area contributed by atoms with Crippen molar-refractivity contribution < 1.29 is 85.9 Å². The zero-order chi connectivity index (χ0) is 50.3. The van der Waals surface area contributed by atoms with Crippen molar-refractivity contribution in [1.82, 2.24) is 9.80 Å². The molecule has 0 bridgehead atoms. The first-order valence-corrected chi connectivity index (χ1v) is 31.2. The second-order valence-corrected chi connectivity index (χ2v) is 25.7. The Morgan fingerprint density at radius 1 is 0.243 bits per heavy atom. The third kappa shape index (κ3) is 74.9. The van der Waals surface area contributed by atoms with E-state index in [1.54, 1.807) is 0 Å². The van der Waals surface area contributed by atoms with Crippen molar-refractivity contribution in [2.24, 2.45) is 0 Å². The number of unbranched alkanes of at least 4 members (excludes halogenated alkanes) is 25. The number of rotatable bonds is 47. The molecule has 0 aliphatic rings. The molecule has 0 atom stereocenters. The topological polar surface area (TPSA) is 6.48 Å². The first-order valence-electron chi connectivity index (χ1n) is 29.0. The lowest BCUT2D eigenvalue weighted by molar-refractivity contribution is -0.900. The Kier molecular flexibility index (Phi) is 75.2. The molecule has 0 rings (SSSR count). The van der Waals surface area contributed by atoms with E-state index in [-0.39, 0.29) is 67.9 Å². The van der Waals surface area contributed by atoms with Gasteiger partial charge in [0, 0.05) is 49.2 Å². The van der Waals surface area contributed by atoms with E-state index in [1.165, 1.54) is 289 Å². The Bertz CT molecular complexity index is 943. The Balaban J connectivity index is -0.000000337. The highest BCUT2D eigenvalue weighted by Gasteiger charge is 2.21. The van der Waals surface area contributed by atoms with Crippen molar-refractivity contribution in [3.05, 3.63) is 0 Å². The molecule has 0 aliphatic carbocycles. The summed E-state index contributed by atoms with van der Waals surface area (Å²) >= 11 is 6.66. The van der Waals surface area contributed by atoms with Crippen molar-refractivity contribution in [2.75, 3.05) is 161 Å². The molecular weight excluding hydrogens is 1260 g/mol. The Morgan fingerprint density at radius 3 is 0.557 bits per heavy atom. The summed E-state index contributed by atoms with van der Waals surface area (Å²) < 4.78 is 4.83. The number of nitrogens with zero attached hydrogens (tertiary/aromatic N) is 6. The number of hydrogen-bond donors (Lipinski definition) is 0. The normalized spacial score (nSPS) is 11.7. The van der Waals surface area contributed by atoms with E-state index in [1.807, 2.05) is 0 Å². The quantitative estimate of drug-likeness (QED) is 0.0522. The fraction of sp³-hybridized carbons (Fsp3) is 1.00. The maximum atomic E-state index is 3.33. The van der Waals surface area contributed by atoms with Gasteiger partial charge in [-0.1, -0.05) is 161 Å². The molecule has 0 fully saturated rings. The minimum Gasteiger partial charge on any atom is -1.00 e. The Labute approximate surface area is 503 Å². The van der Waals surface area contributed by atoms with Gasteiger partial charge in [0.1, 0.15) is 0 Å². The number of hydrogen-bond acceptors (Lipinski definition) is 2. The molecule has 6 nitrogen and oxygen atoms in total. The molecule has 0 aromatic heterocycles. The van der Waals surface area contributed by atoms with Crippen molar-refractivity contribution in [3.8, 4) is 0 Å². The van der Waals surface area contributed by atoms with Crippen LogP contribution in [0.2, 0.25) is 0 Å². The van der Waals surface area contributed by atoms with Crippen LogP contribution in [0.3, 0.4) is 0 Å². The predicted octanol–water partition coefficient (Wildman–Crippen LogP) is 3.72. The number of quaternary nitrogens is 4. The summed E-state index contributed by atoms with van der Waals surface area (Å²) in [6.45, 7) is 17.8. The smallest absolute Gasteiger partial charge is 0.0784 e. The van der Waals surface area contributed by atoms with E-state index >= 15 is 0 Å². The zero-order valence-corrected chi connectivity index (χ0v) is 59.6. The molecule has 0 amide bonds. The van der Waals surface area contributed by atoms with Gasteiger partial charge < -0.3 is 95.7 Å². The fourth-order valence-corrected chi connectivity index (χ4v) is 9.93. The van der Waals surface area contributed by atoms with Crippen LogP contribution in [-0.2, 0) is 0 Å². The molecule has 0 saturated heterocycles. The Morgan fingerprint density at radius 2 is 0.400 bits per heavy atom. The maximum absolute atomic E-state index is 3.33. The Hall–Kier alpha value is 2.64. The van der Waals surface area contributed by atoms with Crippen molar-refractivity contribution in [3.63, 3.8) is 0 Å². The summed E-state index contributed by atoms with van der Waals surface area (Å²) in [4.78, 5) is 4.46. The van der Waals surface area contributed by atoms with Gasteiger partial charge in [0.2, 0.25) is 0 Å². The summed E-state index contributed by atoms with van der Waals surface area (Å²) in [7, 11) is 28.3. The molecule has 0 radical (unpaired) electrons. The molecule has 0 aromatic carbocycles. The van der Waals surface area contributed by atoms with Gasteiger partial charge in [0.15, 0.2) is 0 Å². The van der Waals surface area contributed by atoms with Gasteiger partial charge in [-0.05, 0) is 92.6 Å². The average molecular weight is 1390 g/mol. The summed E-state index contributed by atoms with van der Waals surface area (Å²) in [6.07, 6.45) is 45.2. The molecule has 0 spiro atoms. The molecule has 434 valence electrons. The molecule has 0 heterocycles. The molecule has 0 saturated carbocycles. The second kappa shape index (κ2) is 60.9. The lowest BCUT2D eigenvalue weighted by Crippen LogP contribution is -3.00. The first kappa shape index (κ1) is 86.5. The molecule has 0 N–H and O–H groups in total. The van der Waals surface area contributed by atoms with Crippen LogP contribution in [-0.4, -0.2) is 188 Å². The predicted molar refractivity (Wildman–Crippen MR) is 311 cm³/mol. The van der Waals surface area contributed by atoms with E-state index in [4.69, 9.17) is 0 Å². The molecular formula is C58H130Br6N6. The van der Waals surface area contributed by atoms with Gasteiger partial charge >= 0.3 is 0 Å². The van der Waals surface area contributed by atoms with E-state index in [9.17, 15) is 0 Å². The summed E-state index contributed by atoms with van der Waals surface area (Å²) in [5.74, 6) is 0. The molecule has 12 heteroatoms. The van der Waals surface area contributed by atoms with Gasteiger partial charge in [0.05, 0.1) is 109 Å². The van der Waals surface area contributed by atoms with E-state index in [2.05, 4.69) is 140 Å². The fourth-order valence-electron chi connectivity index (χ4n) is 9.14. The van der Waals surface area contributed by atoms with Crippen molar-refractivity contribution in [2.45, 2.75) is 219 Å². The minimum atomic E-state index is 0. The van der Waals surface area contributed by atoms with Crippen LogP contribution < -0.4 is 67.9 Å². The van der Waals surface area contributed by atoms with Crippen molar-refractivity contribution in [1.29, 1.82) is 0 Å². The third-order valence-electron chi connectivity index (χ3n) is 14.0. The minimum absolute atomic E-state index is 0. The van der Waals surface area contributed by atoms with Crippen LogP contribution in [0, 0.1) is 0 Å². The maximum Gasteiger partial charge on any atom is 0.0784 e. The lowest BCUT2D eigenvalue weighted by Gasteiger charge is -2.34. The van der Waals surface area contributed by atoms with Crippen LogP contribution >= 0.6 is 31.9 Å². The van der Waals surface area contributed by atoms with Crippen LogP contribution in [0.4, 0.5) is 0 Å². The highest BCUT2D eigenvalue weighted by molar-refractivity contribution is 9.09. The van der Waals surface area contributed by atoms with Crippen LogP contribution in [0.15, 0.2) is 0 Å². The largest absolute Gasteiger partial charge is 1.00 e. The van der Waals surface area contributed by atoms with E-state index < -0.39 is 0 Å². The van der Waals surface area contributed by atoms with Gasteiger partial charge in [-0.15, -0.1) is 0 Å². The van der Waals surface area contributed by atoms with Crippen LogP contribution in [0.25, 0.3) is 0 Å². The summed E-state index contributed by atoms with van der Waals surface area (Å²) in [6, 6.07) is 0. The van der Waals surface area contributed by atoms with Crippen LogP contribution in [0.5, 0.6) is 0 Å². The molecule has 70 heavy (non-hydrogen) atoms. The van der Waals surface area contributed by atoms with Gasteiger partial charge in [-0.25, -0.2) is 0 Å². The highest BCUT2D eigenvalue weighted by Crippen LogP contribution is 2.16. The standard InChI is InChI=1S/C46H102N4.C8H20N2.C4H8Br2.4BrH/c1-11-13-15-17-19-21-23-24-26-28-30-32-40-48(5,6)42-34-36-44-50(9,10)46-38-37-45-49(7,8)43-35-33-41-47(3,4)39-31-29-27-25-22-20-18-16-14-12-2;1-9(2)7-5-6-8-10(3)4;5-3-1-2-4-6;;;;/h11-46H2,1-10H3;5-8H2,1-4H3;1-4H2;4*1H/q+4;;;;;;/p-4. The highest BCUT2D eigenvalue weighted by atomic mass is 79.9. The molecule has 0 aliphatic heterocycles. The zero-order valence-electron chi connectivity index (χ0n) is 50.1. The summed E-state index contributed by atoms with van der Waals surface area (Å²) in [5, 5.41) is 2.28. The van der Waals surface area contributed by atoms with Crippen molar-refractivity contribution >= 4 is 31.9 Å². The van der Waals surface area contributed by atoms with Gasteiger partial charge in [0.25, 0.3) is 0 Å². The van der Waals surface area contributed by atoms with Gasteiger partial charge in [-0.3, -0.25) is 0 Å². The number of alkyl halides is 2. The van der Waals surface area contributed by atoms with Crippen LogP contribution in [0.1, 0.15) is 219 Å². The number of halogens is 6. The third-order valence-corrected chi connectivity index (χ3v) is 15.2. The van der Waals surface area contributed by atoms with Gasteiger partial charge in [-0.2, -0.15) is 0 Å². The van der Waals surface area contributed by atoms with E-state index in [0.717, 1.165) is 10.7 Å². The second-order valence-electron chi connectivity index (χ2n) is 24.1. The first-order chi connectivity index (χ1) is 31.3. The summed E-state index contributed by atoms with van der Waals surface area (Å²) in [5.41, 5.74) is 0. The molecule has 0 aromatic rings. The van der Waals surface area contributed by atoms with E-state index in [0.29, 0.717) is 0 Å². The molecule has 0 unspecified atom stereocenters.